The van der Waals surface area contributed by atoms with Gasteiger partial charge in [-0.05, 0) is 42.0 Å². The number of carbonyl (C=O) groups excluding carboxylic acids is 3. The first-order valence-corrected chi connectivity index (χ1v) is 10.7. The first kappa shape index (κ1) is 24.9. The standard InChI is InChI=1S/C20H22F2N4O5S/c1-12(27)24-14-5-7-15(8-6-14)32(30,31)26(3)11-18(28)25-19(20(29)23-2)13-4-9-16(21)17(22)10-13/h4-10,19H,11H2,1-3H3,(H,23,29)(H,24,27)(H,25,28). The lowest BCUT2D eigenvalue weighted by atomic mass is 10.1. The van der Waals surface area contributed by atoms with Gasteiger partial charge in [-0.2, -0.15) is 4.31 Å². The summed E-state index contributed by atoms with van der Waals surface area (Å²) in [5.41, 5.74) is 0.382. The number of carbonyl (C=O) groups is 3. The summed E-state index contributed by atoms with van der Waals surface area (Å²) < 4.78 is 53.0. The van der Waals surface area contributed by atoms with Gasteiger partial charge in [0.25, 0.3) is 0 Å². The van der Waals surface area contributed by atoms with E-state index in [1.807, 2.05) is 0 Å². The molecule has 3 N–H and O–H groups in total. The van der Waals surface area contributed by atoms with Crippen LogP contribution >= 0.6 is 0 Å². The van der Waals surface area contributed by atoms with E-state index in [1.54, 1.807) is 0 Å². The van der Waals surface area contributed by atoms with Gasteiger partial charge in [0.2, 0.25) is 27.7 Å². The molecule has 12 heteroatoms. The molecule has 2 rings (SSSR count). The fourth-order valence-electron chi connectivity index (χ4n) is 2.72. The van der Waals surface area contributed by atoms with Gasteiger partial charge >= 0.3 is 0 Å². The lowest BCUT2D eigenvalue weighted by molar-refractivity contribution is -0.128. The minimum atomic E-state index is -4.07. The van der Waals surface area contributed by atoms with E-state index in [9.17, 15) is 31.6 Å². The Hall–Kier alpha value is -3.38. The maximum atomic E-state index is 13.6. The molecular formula is C20H22F2N4O5S. The van der Waals surface area contributed by atoms with Crippen molar-refractivity contribution in [3.63, 3.8) is 0 Å². The summed E-state index contributed by atoms with van der Waals surface area (Å²) in [6, 6.07) is 6.68. The molecule has 0 aromatic heterocycles. The number of halogens is 2. The minimum absolute atomic E-state index is 0.0179. The van der Waals surface area contributed by atoms with E-state index in [-0.39, 0.29) is 16.4 Å². The summed E-state index contributed by atoms with van der Waals surface area (Å²) >= 11 is 0. The van der Waals surface area contributed by atoms with Crippen molar-refractivity contribution in [2.45, 2.75) is 17.9 Å². The Kier molecular flexibility index (Phi) is 8.00. The highest BCUT2D eigenvalue weighted by Gasteiger charge is 2.27. The van der Waals surface area contributed by atoms with E-state index < -0.39 is 46.1 Å². The van der Waals surface area contributed by atoms with Gasteiger partial charge in [0, 0.05) is 26.7 Å². The molecule has 0 bridgehead atoms. The number of amides is 3. The Morgan fingerprint density at radius 1 is 1.03 bits per heavy atom. The Labute approximate surface area is 183 Å². The molecule has 1 atom stereocenters. The molecule has 0 heterocycles. The molecule has 2 aromatic carbocycles. The number of hydrogen-bond donors (Lipinski definition) is 3. The quantitative estimate of drug-likeness (QED) is 0.536. The van der Waals surface area contributed by atoms with Gasteiger partial charge < -0.3 is 16.0 Å². The van der Waals surface area contributed by atoms with Crippen molar-refractivity contribution < 1.29 is 31.6 Å². The van der Waals surface area contributed by atoms with E-state index >= 15 is 0 Å². The normalized spacial score (nSPS) is 12.2. The molecule has 32 heavy (non-hydrogen) atoms. The fourth-order valence-corrected chi connectivity index (χ4v) is 3.85. The highest BCUT2D eigenvalue weighted by molar-refractivity contribution is 7.89. The van der Waals surface area contributed by atoms with Crippen LogP contribution in [0, 0.1) is 11.6 Å². The van der Waals surface area contributed by atoms with Crippen LogP contribution in [0.25, 0.3) is 0 Å². The van der Waals surface area contributed by atoms with Gasteiger partial charge in [-0.25, -0.2) is 17.2 Å². The van der Waals surface area contributed by atoms with Crippen molar-refractivity contribution in [2.75, 3.05) is 26.0 Å². The fraction of sp³-hybridized carbons (Fsp3) is 0.250. The van der Waals surface area contributed by atoms with Crippen molar-refractivity contribution in [3.8, 4) is 0 Å². The summed E-state index contributed by atoms with van der Waals surface area (Å²) in [6.07, 6.45) is 0. The number of anilines is 1. The Balaban J connectivity index is 2.15. The van der Waals surface area contributed by atoms with Crippen LogP contribution < -0.4 is 16.0 Å². The average Bonchev–Trinajstić information content (AvgIpc) is 2.73. The van der Waals surface area contributed by atoms with Crippen molar-refractivity contribution >= 4 is 33.4 Å². The molecule has 0 aliphatic carbocycles. The average molecular weight is 468 g/mol. The van der Waals surface area contributed by atoms with E-state index in [1.165, 1.54) is 45.3 Å². The minimum Gasteiger partial charge on any atom is -0.357 e. The van der Waals surface area contributed by atoms with E-state index in [0.29, 0.717) is 5.69 Å². The number of nitrogens with zero attached hydrogens (tertiary/aromatic N) is 1. The monoisotopic (exact) mass is 468 g/mol. The molecule has 0 fully saturated rings. The molecule has 1 unspecified atom stereocenters. The van der Waals surface area contributed by atoms with Crippen LogP contribution in [0.5, 0.6) is 0 Å². The molecule has 0 aliphatic heterocycles. The van der Waals surface area contributed by atoms with Crippen molar-refractivity contribution in [1.29, 1.82) is 0 Å². The molecule has 2 aromatic rings. The summed E-state index contributed by atoms with van der Waals surface area (Å²) in [4.78, 5) is 35.6. The highest BCUT2D eigenvalue weighted by atomic mass is 32.2. The van der Waals surface area contributed by atoms with Gasteiger partial charge in [0.05, 0.1) is 11.4 Å². The lowest BCUT2D eigenvalue weighted by Crippen LogP contribution is -2.44. The second-order valence-corrected chi connectivity index (χ2v) is 8.80. The zero-order valence-electron chi connectivity index (χ0n) is 17.5. The maximum absolute atomic E-state index is 13.6. The second-order valence-electron chi connectivity index (χ2n) is 6.75. The summed E-state index contributed by atoms with van der Waals surface area (Å²) in [5.74, 6) is -4.19. The number of sulfonamides is 1. The molecule has 0 radical (unpaired) electrons. The molecule has 0 saturated carbocycles. The van der Waals surface area contributed by atoms with Crippen molar-refractivity contribution in [2.24, 2.45) is 0 Å². The first-order valence-electron chi connectivity index (χ1n) is 9.25. The van der Waals surface area contributed by atoms with Crippen LogP contribution in [-0.4, -0.2) is 51.1 Å². The van der Waals surface area contributed by atoms with Crippen LogP contribution in [0.4, 0.5) is 14.5 Å². The zero-order chi connectivity index (χ0) is 24.1. The van der Waals surface area contributed by atoms with Gasteiger partial charge in [-0.1, -0.05) is 6.07 Å². The predicted molar refractivity (Wildman–Crippen MR) is 112 cm³/mol. The maximum Gasteiger partial charge on any atom is 0.246 e. The van der Waals surface area contributed by atoms with E-state index in [2.05, 4.69) is 16.0 Å². The van der Waals surface area contributed by atoms with Crippen LogP contribution in [0.2, 0.25) is 0 Å². The predicted octanol–water partition coefficient (Wildman–Crippen LogP) is 1.15. The molecule has 0 spiro atoms. The largest absolute Gasteiger partial charge is 0.357 e. The zero-order valence-corrected chi connectivity index (χ0v) is 18.3. The van der Waals surface area contributed by atoms with Gasteiger partial charge in [-0.3, -0.25) is 14.4 Å². The van der Waals surface area contributed by atoms with Gasteiger partial charge in [0.15, 0.2) is 11.6 Å². The Morgan fingerprint density at radius 2 is 1.66 bits per heavy atom. The van der Waals surface area contributed by atoms with E-state index in [0.717, 1.165) is 22.5 Å². The van der Waals surface area contributed by atoms with Crippen LogP contribution in [-0.2, 0) is 24.4 Å². The SMILES string of the molecule is CNC(=O)C(NC(=O)CN(C)S(=O)(=O)c1ccc(NC(C)=O)cc1)c1ccc(F)c(F)c1. The number of benzene rings is 2. The second kappa shape index (κ2) is 10.3. The number of rotatable bonds is 8. The lowest BCUT2D eigenvalue weighted by Gasteiger charge is -2.21. The summed E-state index contributed by atoms with van der Waals surface area (Å²) in [6.45, 7) is 0.663. The third-order valence-electron chi connectivity index (χ3n) is 4.34. The number of nitrogens with one attached hydrogen (secondary N) is 3. The molecule has 0 saturated heterocycles. The molecule has 3 amide bonds. The number of likely N-dealkylation sites (N-methyl/N-ethyl adjacent to an activating group) is 2. The van der Waals surface area contributed by atoms with Crippen LogP contribution in [0.3, 0.4) is 0 Å². The van der Waals surface area contributed by atoms with Crippen molar-refractivity contribution in [1.82, 2.24) is 14.9 Å². The first-order chi connectivity index (χ1) is 14.9. The third-order valence-corrected chi connectivity index (χ3v) is 6.16. The van der Waals surface area contributed by atoms with Crippen molar-refractivity contribution in [3.05, 3.63) is 59.7 Å². The molecule has 9 nitrogen and oxygen atoms in total. The topological polar surface area (TPSA) is 125 Å². The molecular weight excluding hydrogens is 446 g/mol. The smallest absolute Gasteiger partial charge is 0.246 e. The Bertz CT molecular complexity index is 1120. The van der Waals surface area contributed by atoms with E-state index in [4.69, 9.17) is 0 Å². The van der Waals surface area contributed by atoms with Crippen LogP contribution in [0.15, 0.2) is 47.4 Å². The molecule has 172 valence electrons. The molecule has 0 aliphatic rings. The highest BCUT2D eigenvalue weighted by Crippen LogP contribution is 2.19. The van der Waals surface area contributed by atoms with Gasteiger partial charge in [0.1, 0.15) is 6.04 Å². The Morgan fingerprint density at radius 3 is 2.19 bits per heavy atom. The van der Waals surface area contributed by atoms with Gasteiger partial charge in [-0.15, -0.1) is 0 Å². The summed E-state index contributed by atoms with van der Waals surface area (Å²) in [7, 11) is -1.60. The summed E-state index contributed by atoms with van der Waals surface area (Å²) in [5, 5.41) is 7.13. The number of hydrogen-bond acceptors (Lipinski definition) is 5. The van der Waals surface area contributed by atoms with Crippen LogP contribution in [0.1, 0.15) is 18.5 Å². The third kappa shape index (κ3) is 6.08.